The molecule has 4 nitrogen and oxygen atoms in total. The molecule has 4 heteroatoms. The van der Waals surface area contributed by atoms with Crippen LogP contribution >= 0.6 is 0 Å². The molecule has 21 heavy (non-hydrogen) atoms. The zero-order chi connectivity index (χ0) is 15.1. The van der Waals surface area contributed by atoms with Crippen molar-refractivity contribution in [1.82, 2.24) is 5.32 Å². The van der Waals surface area contributed by atoms with Crippen molar-refractivity contribution in [2.24, 2.45) is 0 Å². The zero-order valence-corrected chi connectivity index (χ0v) is 12.5. The van der Waals surface area contributed by atoms with Gasteiger partial charge in [-0.25, -0.2) is 0 Å². The standard InChI is InChI=1S/C17H21NO3/c1-3-7-15(13-8-5-4-6-9-13)18-17(19)16-11-10-14(21-16)12-20-2/h4-6,8-11,15H,3,7,12H2,1-2H3,(H,18,19)/t15-/m1/s1. The normalized spacial score (nSPS) is 12.1. The van der Waals surface area contributed by atoms with Crippen molar-refractivity contribution in [3.63, 3.8) is 0 Å². The first-order valence-electron chi connectivity index (χ1n) is 7.18. The van der Waals surface area contributed by atoms with Crippen LogP contribution in [0.1, 0.15) is 47.7 Å². The molecular weight excluding hydrogens is 266 g/mol. The SMILES string of the molecule is CCC[C@@H](NC(=O)c1ccc(COC)o1)c1ccccc1. The fourth-order valence-electron chi connectivity index (χ4n) is 2.25. The van der Waals surface area contributed by atoms with Crippen LogP contribution in [-0.2, 0) is 11.3 Å². The average molecular weight is 287 g/mol. The third-order valence-corrected chi connectivity index (χ3v) is 3.26. The minimum Gasteiger partial charge on any atom is -0.453 e. The summed E-state index contributed by atoms with van der Waals surface area (Å²) in [5.74, 6) is 0.771. The topological polar surface area (TPSA) is 51.5 Å². The number of furan rings is 1. The smallest absolute Gasteiger partial charge is 0.287 e. The van der Waals surface area contributed by atoms with Gasteiger partial charge in [0.2, 0.25) is 0 Å². The van der Waals surface area contributed by atoms with Crippen molar-refractivity contribution in [2.75, 3.05) is 7.11 Å². The van der Waals surface area contributed by atoms with E-state index in [0.717, 1.165) is 18.4 Å². The van der Waals surface area contributed by atoms with Crippen molar-refractivity contribution >= 4 is 5.91 Å². The molecule has 0 saturated heterocycles. The van der Waals surface area contributed by atoms with Gasteiger partial charge in [0.05, 0.1) is 6.04 Å². The second-order valence-electron chi connectivity index (χ2n) is 4.92. The molecule has 112 valence electrons. The number of rotatable bonds is 7. The second kappa shape index (κ2) is 7.64. The molecule has 0 unspecified atom stereocenters. The van der Waals surface area contributed by atoms with E-state index in [0.29, 0.717) is 18.1 Å². The van der Waals surface area contributed by atoms with Gasteiger partial charge in [-0.1, -0.05) is 43.7 Å². The highest BCUT2D eigenvalue weighted by atomic mass is 16.5. The van der Waals surface area contributed by atoms with E-state index in [1.54, 1.807) is 19.2 Å². The van der Waals surface area contributed by atoms with Crippen LogP contribution in [0.25, 0.3) is 0 Å². The van der Waals surface area contributed by atoms with Crippen LogP contribution < -0.4 is 5.32 Å². The third kappa shape index (κ3) is 4.20. The minimum atomic E-state index is -0.195. The van der Waals surface area contributed by atoms with Gasteiger partial charge in [0.1, 0.15) is 12.4 Å². The molecule has 1 aromatic carbocycles. The van der Waals surface area contributed by atoms with Gasteiger partial charge in [-0.15, -0.1) is 0 Å². The summed E-state index contributed by atoms with van der Waals surface area (Å²) in [5, 5.41) is 3.03. The molecule has 0 saturated carbocycles. The maximum atomic E-state index is 12.3. The highest BCUT2D eigenvalue weighted by Crippen LogP contribution is 2.19. The highest BCUT2D eigenvalue weighted by Gasteiger charge is 2.17. The van der Waals surface area contributed by atoms with Gasteiger partial charge in [0.25, 0.3) is 5.91 Å². The molecule has 0 bridgehead atoms. The number of ether oxygens (including phenoxy) is 1. The fourth-order valence-corrected chi connectivity index (χ4v) is 2.25. The molecule has 2 aromatic rings. The molecule has 1 amide bonds. The van der Waals surface area contributed by atoms with Gasteiger partial charge in [0, 0.05) is 7.11 Å². The Bertz CT molecular complexity index is 562. The Balaban J connectivity index is 2.07. The van der Waals surface area contributed by atoms with Crippen molar-refractivity contribution in [3.05, 3.63) is 59.5 Å². The molecule has 0 aliphatic rings. The largest absolute Gasteiger partial charge is 0.453 e. The molecule has 0 radical (unpaired) electrons. The van der Waals surface area contributed by atoms with E-state index in [2.05, 4.69) is 12.2 Å². The molecule has 1 heterocycles. The number of carbonyl (C=O) groups is 1. The number of amides is 1. The number of hydrogen-bond acceptors (Lipinski definition) is 3. The summed E-state index contributed by atoms with van der Waals surface area (Å²) in [4.78, 5) is 12.3. The lowest BCUT2D eigenvalue weighted by Gasteiger charge is -2.17. The highest BCUT2D eigenvalue weighted by molar-refractivity contribution is 5.91. The Kier molecular flexibility index (Phi) is 5.58. The molecule has 0 spiro atoms. The first kappa shape index (κ1) is 15.3. The summed E-state index contributed by atoms with van der Waals surface area (Å²) in [7, 11) is 1.59. The van der Waals surface area contributed by atoms with E-state index in [1.165, 1.54) is 0 Å². The Morgan fingerprint density at radius 2 is 2.00 bits per heavy atom. The molecule has 1 atom stereocenters. The van der Waals surface area contributed by atoms with Gasteiger partial charge in [-0.3, -0.25) is 4.79 Å². The lowest BCUT2D eigenvalue weighted by Crippen LogP contribution is -2.28. The maximum Gasteiger partial charge on any atom is 0.287 e. The molecule has 0 fully saturated rings. The van der Waals surface area contributed by atoms with Crippen molar-refractivity contribution in [2.45, 2.75) is 32.4 Å². The van der Waals surface area contributed by atoms with E-state index in [4.69, 9.17) is 9.15 Å². The molecule has 2 rings (SSSR count). The van der Waals surface area contributed by atoms with Gasteiger partial charge in [-0.2, -0.15) is 0 Å². The molecule has 0 aliphatic carbocycles. The average Bonchev–Trinajstić information content (AvgIpc) is 2.97. The maximum absolute atomic E-state index is 12.3. The number of methoxy groups -OCH3 is 1. The van der Waals surface area contributed by atoms with E-state index in [1.807, 2.05) is 30.3 Å². The van der Waals surface area contributed by atoms with Crippen LogP contribution in [0.2, 0.25) is 0 Å². The van der Waals surface area contributed by atoms with Gasteiger partial charge in [-0.05, 0) is 24.1 Å². The van der Waals surface area contributed by atoms with Crippen molar-refractivity contribution < 1.29 is 13.9 Å². The quantitative estimate of drug-likeness (QED) is 0.844. The van der Waals surface area contributed by atoms with E-state index < -0.39 is 0 Å². The number of carbonyl (C=O) groups excluding carboxylic acids is 1. The Morgan fingerprint density at radius 1 is 1.24 bits per heavy atom. The van der Waals surface area contributed by atoms with Crippen LogP contribution in [-0.4, -0.2) is 13.0 Å². The van der Waals surface area contributed by atoms with E-state index >= 15 is 0 Å². The summed E-state index contributed by atoms with van der Waals surface area (Å²) >= 11 is 0. The first-order chi connectivity index (χ1) is 10.2. The summed E-state index contributed by atoms with van der Waals surface area (Å²) in [6.07, 6.45) is 1.88. The van der Waals surface area contributed by atoms with Crippen molar-refractivity contribution in [3.8, 4) is 0 Å². The van der Waals surface area contributed by atoms with Gasteiger partial charge >= 0.3 is 0 Å². The van der Waals surface area contributed by atoms with Gasteiger partial charge < -0.3 is 14.5 Å². The van der Waals surface area contributed by atoms with Crippen LogP contribution in [0, 0.1) is 0 Å². The Labute approximate surface area is 125 Å². The first-order valence-corrected chi connectivity index (χ1v) is 7.18. The number of hydrogen-bond donors (Lipinski definition) is 1. The molecule has 1 N–H and O–H groups in total. The predicted molar refractivity (Wildman–Crippen MR) is 81.0 cm³/mol. The summed E-state index contributed by atoms with van der Waals surface area (Å²) in [6, 6.07) is 13.4. The van der Waals surface area contributed by atoms with Gasteiger partial charge in [0.15, 0.2) is 5.76 Å². The van der Waals surface area contributed by atoms with E-state index in [-0.39, 0.29) is 11.9 Å². The molecular formula is C17H21NO3. The van der Waals surface area contributed by atoms with Crippen molar-refractivity contribution in [1.29, 1.82) is 0 Å². The van der Waals surface area contributed by atoms with Crippen LogP contribution in [0.15, 0.2) is 46.9 Å². The van der Waals surface area contributed by atoms with E-state index in [9.17, 15) is 4.79 Å². The lowest BCUT2D eigenvalue weighted by atomic mass is 10.0. The number of benzene rings is 1. The Hall–Kier alpha value is -2.07. The van der Waals surface area contributed by atoms with Crippen LogP contribution in [0.5, 0.6) is 0 Å². The van der Waals surface area contributed by atoms with Crippen LogP contribution in [0.4, 0.5) is 0 Å². The molecule has 0 aliphatic heterocycles. The van der Waals surface area contributed by atoms with Crippen LogP contribution in [0.3, 0.4) is 0 Å². The molecule has 1 aromatic heterocycles. The Morgan fingerprint density at radius 3 is 2.67 bits per heavy atom. The lowest BCUT2D eigenvalue weighted by molar-refractivity contribution is 0.0897. The predicted octanol–water partition coefficient (Wildman–Crippen LogP) is 3.70. The third-order valence-electron chi connectivity index (χ3n) is 3.26. The number of nitrogens with one attached hydrogen (secondary N) is 1. The fraction of sp³-hybridized carbons (Fsp3) is 0.353. The zero-order valence-electron chi connectivity index (χ0n) is 12.5. The second-order valence-corrected chi connectivity index (χ2v) is 4.92. The minimum absolute atomic E-state index is 0.000301. The summed E-state index contributed by atoms with van der Waals surface area (Å²) in [5.41, 5.74) is 1.11. The summed E-state index contributed by atoms with van der Waals surface area (Å²) < 4.78 is 10.4. The monoisotopic (exact) mass is 287 g/mol. The summed E-state index contributed by atoms with van der Waals surface area (Å²) in [6.45, 7) is 2.47.